The maximum Gasteiger partial charge on any atom is 0.326 e. The van der Waals surface area contributed by atoms with Crippen LogP contribution >= 0.6 is 22.9 Å². The summed E-state index contributed by atoms with van der Waals surface area (Å²) >= 11 is 7.31. The van der Waals surface area contributed by atoms with Gasteiger partial charge in [-0.3, -0.25) is 14.2 Å². The van der Waals surface area contributed by atoms with Gasteiger partial charge < -0.3 is 4.74 Å². The van der Waals surface area contributed by atoms with Crippen molar-refractivity contribution in [2.45, 2.75) is 19.9 Å². The maximum atomic E-state index is 12.8. The lowest BCUT2D eigenvalue weighted by atomic mass is 10.1. The van der Waals surface area contributed by atoms with Crippen LogP contribution in [0.5, 0.6) is 0 Å². The Morgan fingerprint density at radius 3 is 2.79 bits per heavy atom. The third kappa shape index (κ3) is 3.34. The van der Waals surface area contributed by atoms with Crippen LogP contribution < -0.4 is 5.56 Å². The van der Waals surface area contributed by atoms with Crippen LogP contribution in [0.15, 0.2) is 40.8 Å². The molecule has 0 saturated heterocycles. The predicted octanol–water partition coefficient (Wildman–Crippen LogP) is 3.73. The molecule has 2 heterocycles. The maximum absolute atomic E-state index is 12.8. The number of halogens is 1. The molecule has 0 saturated carbocycles. The van der Waals surface area contributed by atoms with E-state index in [4.69, 9.17) is 16.3 Å². The van der Waals surface area contributed by atoms with E-state index in [1.54, 1.807) is 12.1 Å². The minimum Gasteiger partial charge on any atom is -0.464 e. The first-order valence-corrected chi connectivity index (χ1v) is 8.74. The molecule has 0 aliphatic heterocycles. The second-order valence-corrected chi connectivity index (χ2v) is 6.53. The van der Waals surface area contributed by atoms with Crippen LogP contribution in [0.25, 0.3) is 21.3 Å². The van der Waals surface area contributed by atoms with Crippen molar-refractivity contribution in [3.05, 3.63) is 51.3 Å². The number of carbonyl (C=O) groups excluding carboxylic acids is 1. The fraction of sp³-hybridized carbons (Fsp3) is 0.235. The van der Waals surface area contributed by atoms with Crippen LogP contribution in [-0.2, 0) is 16.1 Å². The van der Waals surface area contributed by atoms with Crippen molar-refractivity contribution < 1.29 is 9.53 Å². The van der Waals surface area contributed by atoms with Gasteiger partial charge in [-0.25, -0.2) is 4.98 Å². The highest BCUT2D eigenvalue weighted by molar-refractivity contribution is 7.17. The van der Waals surface area contributed by atoms with Crippen LogP contribution in [0.2, 0.25) is 5.02 Å². The Morgan fingerprint density at radius 1 is 1.33 bits per heavy atom. The summed E-state index contributed by atoms with van der Waals surface area (Å²) in [7, 11) is 0. The molecule has 2 aromatic heterocycles. The van der Waals surface area contributed by atoms with Gasteiger partial charge in [0, 0.05) is 16.0 Å². The average Bonchev–Trinajstić information content (AvgIpc) is 3.01. The van der Waals surface area contributed by atoms with Gasteiger partial charge in [-0.1, -0.05) is 30.7 Å². The van der Waals surface area contributed by atoms with E-state index in [1.165, 1.54) is 22.2 Å². The van der Waals surface area contributed by atoms with Gasteiger partial charge in [-0.2, -0.15) is 0 Å². The first-order valence-electron chi connectivity index (χ1n) is 7.48. The molecule has 124 valence electrons. The van der Waals surface area contributed by atoms with Crippen molar-refractivity contribution >= 4 is 39.1 Å². The van der Waals surface area contributed by atoms with E-state index in [9.17, 15) is 9.59 Å². The second-order valence-electron chi connectivity index (χ2n) is 5.23. The molecule has 0 N–H and O–H groups in total. The minimum absolute atomic E-state index is 0.141. The zero-order valence-electron chi connectivity index (χ0n) is 13.0. The molecule has 24 heavy (non-hydrogen) atoms. The predicted molar refractivity (Wildman–Crippen MR) is 95.6 cm³/mol. The molecule has 0 aliphatic carbocycles. The molecule has 7 heteroatoms. The Bertz CT molecular complexity index is 931. The van der Waals surface area contributed by atoms with E-state index >= 15 is 0 Å². The smallest absolute Gasteiger partial charge is 0.326 e. The number of carbonyl (C=O) groups is 1. The lowest BCUT2D eigenvalue weighted by molar-refractivity contribution is -0.144. The van der Waals surface area contributed by atoms with Gasteiger partial charge in [0.1, 0.15) is 11.4 Å². The molecule has 1 aromatic carbocycles. The molecule has 0 amide bonds. The molecule has 0 unspecified atom stereocenters. The summed E-state index contributed by atoms with van der Waals surface area (Å²) in [5.41, 5.74) is 1.43. The molecule has 3 aromatic rings. The Labute approximate surface area is 147 Å². The van der Waals surface area contributed by atoms with Gasteiger partial charge in [0.25, 0.3) is 5.56 Å². The van der Waals surface area contributed by atoms with Crippen molar-refractivity contribution in [3.8, 4) is 11.1 Å². The molecule has 0 radical (unpaired) electrons. The third-order valence-electron chi connectivity index (χ3n) is 3.48. The lowest BCUT2D eigenvalue weighted by Gasteiger charge is -2.06. The number of nitrogens with zero attached hydrogens (tertiary/aromatic N) is 2. The minimum atomic E-state index is -0.441. The number of thiophene rings is 1. The molecule has 0 fully saturated rings. The summed E-state index contributed by atoms with van der Waals surface area (Å²) in [6.07, 6.45) is 2.13. The van der Waals surface area contributed by atoms with Gasteiger partial charge in [0.2, 0.25) is 0 Å². The summed E-state index contributed by atoms with van der Waals surface area (Å²) in [5.74, 6) is -0.441. The summed E-state index contributed by atoms with van der Waals surface area (Å²) in [6, 6.07) is 7.26. The highest BCUT2D eigenvalue weighted by atomic mass is 35.5. The SMILES string of the molecule is CCCOC(=O)Cn1cnc2scc(-c3ccc(Cl)cc3)c2c1=O. The Balaban J connectivity index is 2.01. The topological polar surface area (TPSA) is 61.2 Å². The van der Waals surface area contributed by atoms with Gasteiger partial charge in [0.15, 0.2) is 0 Å². The van der Waals surface area contributed by atoms with Gasteiger partial charge in [-0.15, -0.1) is 11.3 Å². The van der Waals surface area contributed by atoms with Gasteiger partial charge >= 0.3 is 5.97 Å². The van der Waals surface area contributed by atoms with Gasteiger partial charge in [0.05, 0.1) is 18.3 Å². The molecular weight excluding hydrogens is 348 g/mol. The van der Waals surface area contributed by atoms with Crippen LogP contribution in [0, 0.1) is 0 Å². The quantitative estimate of drug-likeness (QED) is 0.649. The number of fused-ring (bicyclic) bond motifs is 1. The zero-order chi connectivity index (χ0) is 17.1. The van der Waals surface area contributed by atoms with E-state index in [1.807, 2.05) is 24.4 Å². The number of esters is 1. The lowest BCUT2D eigenvalue weighted by Crippen LogP contribution is -2.25. The summed E-state index contributed by atoms with van der Waals surface area (Å²) in [6.45, 7) is 2.12. The number of ether oxygens (including phenoxy) is 1. The molecule has 5 nitrogen and oxygen atoms in total. The van der Waals surface area contributed by atoms with Crippen molar-refractivity contribution in [1.82, 2.24) is 9.55 Å². The van der Waals surface area contributed by atoms with Crippen LogP contribution in [0.1, 0.15) is 13.3 Å². The van der Waals surface area contributed by atoms with E-state index in [0.717, 1.165) is 17.5 Å². The number of rotatable bonds is 5. The van der Waals surface area contributed by atoms with Crippen molar-refractivity contribution in [1.29, 1.82) is 0 Å². The summed E-state index contributed by atoms with van der Waals surface area (Å²) in [4.78, 5) is 29.5. The van der Waals surface area contributed by atoms with E-state index in [-0.39, 0.29) is 12.1 Å². The summed E-state index contributed by atoms with van der Waals surface area (Å²) < 4.78 is 6.32. The third-order valence-corrected chi connectivity index (χ3v) is 4.62. The highest BCUT2D eigenvalue weighted by Crippen LogP contribution is 2.31. The van der Waals surface area contributed by atoms with Crippen LogP contribution in [0.4, 0.5) is 0 Å². The van der Waals surface area contributed by atoms with E-state index in [0.29, 0.717) is 21.8 Å². The molecule has 0 spiro atoms. The second kappa shape index (κ2) is 7.15. The van der Waals surface area contributed by atoms with Crippen LogP contribution in [-0.4, -0.2) is 22.1 Å². The number of hydrogen-bond donors (Lipinski definition) is 0. The summed E-state index contributed by atoms with van der Waals surface area (Å²) in [5, 5.41) is 3.03. The number of hydrogen-bond acceptors (Lipinski definition) is 5. The Hall–Kier alpha value is -2.18. The first kappa shape index (κ1) is 16.7. The molecule has 3 rings (SSSR count). The fourth-order valence-electron chi connectivity index (χ4n) is 2.32. The normalized spacial score (nSPS) is 10.9. The monoisotopic (exact) mass is 362 g/mol. The fourth-order valence-corrected chi connectivity index (χ4v) is 3.36. The molecule has 0 bridgehead atoms. The number of benzene rings is 1. The van der Waals surface area contributed by atoms with Gasteiger partial charge in [-0.05, 0) is 24.1 Å². The Kier molecular flexibility index (Phi) is 4.97. The average molecular weight is 363 g/mol. The van der Waals surface area contributed by atoms with E-state index in [2.05, 4.69) is 4.98 Å². The first-order chi connectivity index (χ1) is 11.6. The Morgan fingerprint density at radius 2 is 2.08 bits per heavy atom. The standard InChI is InChI=1S/C17H15ClN2O3S/c1-2-7-23-14(21)8-20-10-19-16-15(17(20)22)13(9-24-16)11-3-5-12(18)6-4-11/h3-6,9-10H,2,7-8H2,1H3. The molecule has 0 atom stereocenters. The van der Waals surface area contributed by atoms with E-state index < -0.39 is 5.97 Å². The molecule has 0 aliphatic rings. The largest absolute Gasteiger partial charge is 0.464 e. The highest BCUT2D eigenvalue weighted by Gasteiger charge is 2.15. The van der Waals surface area contributed by atoms with Crippen molar-refractivity contribution in [2.24, 2.45) is 0 Å². The van der Waals surface area contributed by atoms with Crippen molar-refractivity contribution in [2.75, 3.05) is 6.61 Å². The van der Waals surface area contributed by atoms with Crippen LogP contribution in [0.3, 0.4) is 0 Å². The zero-order valence-corrected chi connectivity index (χ0v) is 14.6. The number of aromatic nitrogens is 2. The van der Waals surface area contributed by atoms with Crippen molar-refractivity contribution in [3.63, 3.8) is 0 Å². The molecular formula is C17H15ClN2O3S.